The summed E-state index contributed by atoms with van der Waals surface area (Å²) in [5.41, 5.74) is -0.498. The van der Waals surface area contributed by atoms with Crippen LogP contribution in [0.15, 0.2) is 0 Å². The van der Waals surface area contributed by atoms with Crippen molar-refractivity contribution in [2.75, 3.05) is 0 Å². The van der Waals surface area contributed by atoms with Gasteiger partial charge in [0.2, 0.25) is 0 Å². The van der Waals surface area contributed by atoms with Gasteiger partial charge in [-0.05, 0) is 46.0 Å². The lowest BCUT2D eigenvalue weighted by atomic mass is 9.88. The molecule has 0 aliphatic heterocycles. The minimum absolute atomic E-state index is 0.0577. The number of amides is 1. The van der Waals surface area contributed by atoms with Crippen LogP contribution in [-0.2, 0) is 9.53 Å². The van der Waals surface area contributed by atoms with Gasteiger partial charge in [0.15, 0.2) is 0 Å². The molecule has 0 bridgehead atoms. The van der Waals surface area contributed by atoms with E-state index in [9.17, 15) is 9.59 Å². The Kier molecular flexibility index (Phi) is 5.39. The Morgan fingerprint density at radius 1 is 1.37 bits per heavy atom. The molecule has 1 rings (SSSR count). The van der Waals surface area contributed by atoms with Crippen LogP contribution in [0.5, 0.6) is 0 Å². The molecule has 1 fully saturated rings. The number of aldehydes is 1. The summed E-state index contributed by atoms with van der Waals surface area (Å²) in [5.74, 6) is 0.248. The first kappa shape index (κ1) is 16.0. The van der Waals surface area contributed by atoms with Gasteiger partial charge in [-0.3, -0.25) is 0 Å². The van der Waals surface area contributed by atoms with Gasteiger partial charge in [-0.25, -0.2) is 4.79 Å². The predicted molar refractivity (Wildman–Crippen MR) is 75.0 cm³/mol. The Hall–Kier alpha value is -1.06. The summed E-state index contributed by atoms with van der Waals surface area (Å²) in [5, 5.41) is 0. The number of rotatable bonds is 5. The van der Waals surface area contributed by atoms with E-state index in [-0.39, 0.29) is 24.1 Å². The lowest BCUT2D eigenvalue weighted by Gasteiger charge is -2.43. The molecule has 0 radical (unpaired) electrons. The number of ether oxygens (including phenoxy) is 1. The van der Waals surface area contributed by atoms with Gasteiger partial charge in [-0.15, -0.1) is 0 Å². The number of carbonyl (C=O) groups excluding carboxylic acids is 2. The van der Waals surface area contributed by atoms with Gasteiger partial charge < -0.3 is 14.4 Å². The zero-order valence-corrected chi connectivity index (χ0v) is 12.8. The van der Waals surface area contributed by atoms with Crippen molar-refractivity contribution < 1.29 is 14.3 Å². The fourth-order valence-electron chi connectivity index (χ4n) is 2.34. The highest BCUT2D eigenvalue weighted by molar-refractivity contribution is 5.70. The fourth-order valence-corrected chi connectivity index (χ4v) is 2.34. The molecule has 0 N–H and O–H groups in total. The molecule has 0 heterocycles. The molecule has 0 spiro atoms. The largest absolute Gasteiger partial charge is 0.444 e. The van der Waals surface area contributed by atoms with Crippen LogP contribution in [0.3, 0.4) is 0 Å². The summed E-state index contributed by atoms with van der Waals surface area (Å²) in [4.78, 5) is 25.1. The van der Waals surface area contributed by atoms with E-state index in [0.29, 0.717) is 6.42 Å². The van der Waals surface area contributed by atoms with Crippen molar-refractivity contribution in [2.24, 2.45) is 5.92 Å². The molecule has 1 saturated carbocycles. The van der Waals surface area contributed by atoms with E-state index in [0.717, 1.165) is 25.5 Å². The second-order valence-electron chi connectivity index (χ2n) is 6.69. The quantitative estimate of drug-likeness (QED) is 0.719. The maximum atomic E-state index is 12.4. The molecule has 19 heavy (non-hydrogen) atoms. The first-order valence-corrected chi connectivity index (χ1v) is 7.21. The highest BCUT2D eigenvalue weighted by atomic mass is 16.6. The molecule has 0 saturated heterocycles. The maximum absolute atomic E-state index is 12.4. The summed E-state index contributed by atoms with van der Waals surface area (Å²) < 4.78 is 5.51. The Morgan fingerprint density at radius 3 is 2.26 bits per heavy atom. The minimum atomic E-state index is -0.498. The fraction of sp³-hybridized carbons (Fsp3) is 0.867. The Bertz CT molecular complexity index is 316. The van der Waals surface area contributed by atoms with Crippen molar-refractivity contribution in [1.29, 1.82) is 0 Å². The molecule has 0 aromatic carbocycles. The molecule has 1 amide bonds. The van der Waals surface area contributed by atoms with Crippen molar-refractivity contribution in [1.82, 2.24) is 4.90 Å². The van der Waals surface area contributed by atoms with E-state index in [1.807, 2.05) is 39.5 Å². The molecule has 110 valence electrons. The molecule has 4 heteroatoms. The number of carbonyl (C=O) groups is 2. The number of hydrogen-bond donors (Lipinski definition) is 0. The van der Waals surface area contributed by atoms with Gasteiger partial charge in [0.1, 0.15) is 11.9 Å². The third-order valence-corrected chi connectivity index (χ3v) is 3.54. The highest BCUT2D eigenvalue weighted by Crippen LogP contribution is 2.31. The summed E-state index contributed by atoms with van der Waals surface area (Å²) in [6, 6.07) is 0.180. The van der Waals surface area contributed by atoms with Gasteiger partial charge >= 0.3 is 6.09 Å². The zero-order chi connectivity index (χ0) is 14.6. The SMILES string of the molecule is CC(C)C(CC=O)N(C(=O)OC(C)(C)C)C1CCC1. The van der Waals surface area contributed by atoms with Crippen molar-refractivity contribution >= 4 is 12.4 Å². The Morgan fingerprint density at radius 2 is 1.95 bits per heavy atom. The summed E-state index contributed by atoms with van der Waals surface area (Å²) in [7, 11) is 0. The third-order valence-electron chi connectivity index (χ3n) is 3.54. The summed E-state index contributed by atoms with van der Waals surface area (Å²) in [6.45, 7) is 9.70. The van der Waals surface area contributed by atoms with Crippen molar-refractivity contribution in [2.45, 2.75) is 78.0 Å². The smallest absolute Gasteiger partial charge is 0.410 e. The number of hydrogen-bond acceptors (Lipinski definition) is 3. The lowest BCUT2D eigenvalue weighted by molar-refractivity contribution is -0.109. The average molecular weight is 269 g/mol. The molecule has 0 aromatic rings. The standard InChI is InChI=1S/C15H27NO3/c1-11(2)13(9-10-17)16(12-7-6-8-12)14(18)19-15(3,4)5/h10-13H,6-9H2,1-5H3. The van der Waals surface area contributed by atoms with Gasteiger partial charge in [-0.1, -0.05) is 13.8 Å². The van der Waals surface area contributed by atoms with Crippen LogP contribution in [0.4, 0.5) is 4.79 Å². The Balaban J connectivity index is 2.86. The lowest BCUT2D eigenvalue weighted by Crippen LogP contribution is -2.53. The second kappa shape index (κ2) is 6.40. The van der Waals surface area contributed by atoms with Crippen LogP contribution in [0.25, 0.3) is 0 Å². The minimum Gasteiger partial charge on any atom is -0.444 e. The van der Waals surface area contributed by atoms with E-state index in [1.54, 1.807) is 0 Å². The van der Waals surface area contributed by atoms with Crippen LogP contribution < -0.4 is 0 Å². The van der Waals surface area contributed by atoms with E-state index in [1.165, 1.54) is 0 Å². The van der Waals surface area contributed by atoms with Crippen LogP contribution >= 0.6 is 0 Å². The molecule has 4 nitrogen and oxygen atoms in total. The monoisotopic (exact) mass is 269 g/mol. The van der Waals surface area contributed by atoms with Gasteiger partial charge in [0, 0.05) is 18.5 Å². The molecule has 0 aromatic heterocycles. The molecule has 1 aliphatic carbocycles. The first-order valence-electron chi connectivity index (χ1n) is 7.21. The molecular formula is C15H27NO3. The predicted octanol–water partition coefficient (Wildman–Crippen LogP) is 3.39. The Labute approximate surface area is 116 Å². The maximum Gasteiger partial charge on any atom is 0.410 e. The van der Waals surface area contributed by atoms with Crippen LogP contribution in [-0.4, -0.2) is 35.0 Å². The van der Waals surface area contributed by atoms with Gasteiger partial charge in [0.25, 0.3) is 0 Å². The van der Waals surface area contributed by atoms with E-state index < -0.39 is 5.60 Å². The number of nitrogens with zero attached hydrogens (tertiary/aromatic N) is 1. The van der Waals surface area contributed by atoms with Crippen molar-refractivity contribution in [3.63, 3.8) is 0 Å². The van der Waals surface area contributed by atoms with Crippen molar-refractivity contribution in [3.05, 3.63) is 0 Å². The topological polar surface area (TPSA) is 46.6 Å². The van der Waals surface area contributed by atoms with E-state index in [4.69, 9.17) is 4.74 Å². The van der Waals surface area contributed by atoms with Crippen molar-refractivity contribution in [3.8, 4) is 0 Å². The van der Waals surface area contributed by atoms with Gasteiger partial charge in [0.05, 0.1) is 0 Å². The van der Waals surface area contributed by atoms with Crippen LogP contribution in [0, 0.1) is 5.92 Å². The average Bonchev–Trinajstić information content (AvgIpc) is 2.17. The normalized spacial score (nSPS) is 17.8. The highest BCUT2D eigenvalue weighted by Gasteiger charge is 2.37. The third kappa shape index (κ3) is 4.51. The molecule has 1 aliphatic rings. The summed E-state index contributed by atoms with van der Waals surface area (Å²) in [6.07, 6.45) is 4.19. The molecular weight excluding hydrogens is 242 g/mol. The van der Waals surface area contributed by atoms with E-state index in [2.05, 4.69) is 0 Å². The molecule has 1 atom stereocenters. The van der Waals surface area contributed by atoms with Crippen LogP contribution in [0.1, 0.15) is 60.3 Å². The van der Waals surface area contributed by atoms with Crippen LogP contribution in [0.2, 0.25) is 0 Å². The molecule has 1 unspecified atom stereocenters. The zero-order valence-electron chi connectivity index (χ0n) is 12.8. The first-order chi connectivity index (χ1) is 8.76. The second-order valence-corrected chi connectivity index (χ2v) is 6.69. The van der Waals surface area contributed by atoms with Gasteiger partial charge in [-0.2, -0.15) is 0 Å². The van der Waals surface area contributed by atoms with E-state index >= 15 is 0 Å². The summed E-state index contributed by atoms with van der Waals surface area (Å²) >= 11 is 0.